The number of aliphatic hydroxyl groups is 2. The van der Waals surface area contributed by atoms with Crippen molar-refractivity contribution in [2.24, 2.45) is 0 Å². The Morgan fingerprint density at radius 1 is 1.03 bits per heavy atom. The highest BCUT2D eigenvalue weighted by atomic mass is 16.5. The van der Waals surface area contributed by atoms with Crippen LogP contribution in [-0.4, -0.2) is 90.5 Å². The topological polar surface area (TPSA) is 89.3 Å². The zero-order valence-corrected chi connectivity index (χ0v) is 17.6. The van der Waals surface area contributed by atoms with Crippen LogP contribution >= 0.6 is 0 Å². The van der Waals surface area contributed by atoms with E-state index in [9.17, 15) is 0 Å². The number of hydrogen-bond donors (Lipinski definition) is 0. The highest BCUT2D eigenvalue weighted by molar-refractivity contribution is 5.95. The second kappa shape index (κ2) is 9.19. The average Bonchev–Trinajstić information content (AvgIpc) is 2.79. The van der Waals surface area contributed by atoms with Gasteiger partial charge in [-0.2, -0.15) is 10.2 Å². The molecule has 1 saturated heterocycles. The summed E-state index contributed by atoms with van der Waals surface area (Å²) in [6.45, 7) is 4.99. The highest BCUT2D eigenvalue weighted by Gasteiger charge is 2.17. The molecule has 3 aromatic rings. The molecule has 1 aromatic carbocycles. The molecule has 0 atom stereocenters. The lowest BCUT2D eigenvalue weighted by Crippen LogP contribution is -2.45. The fraction of sp³-hybridized carbons (Fsp3) is 0.429. The number of aromatic nitrogens is 4. The Morgan fingerprint density at radius 3 is 2.50 bits per heavy atom. The Kier molecular flexibility index (Phi) is 6.20. The number of ether oxygens (including phenoxy) is 3. The maximum Gasteiger partial charge on any atom is 0.225 e. The van der Waals surface area contributed by atoms with Gasteiger partial charge in [0.2, 0.25) is 5.95 Å². The molecule has 0 amide bonds. The van der Waals surface area contributed by atoms with Crippen LogP contribution in [0.2, 0.25) is 0 Å². The summed E-state index contributed by atoms with van der Waals surface area (Å²) in [5.41, 5.74) is 2.50. The van der Waals surface area contributed by atoms with E-state index >= 15 is 0 Å². The SMILES string of the molecule is COc1cc2nncc(-c3cnc(N4CCN(C)CC4)nc3)c2cc1OCC[OH+]C. The monoisotopic (exact) mass is 411 g/mol. The standard InChI is InChI=1S/C21H26N6O3/c1-26-4-6-27(7-5-26)21-22-12-15(13-23-21)17-14-24-25-18-11-19(29-3)20(10-16(17)18)30-9-8-28-2/h10-14H,4-9H2,1-3H3/p+1. The van der Waals surface area contributed by atoms with E-state index in [-0.39, 0.29) is 0 Å². The lowest BCUT2D eigenvalue weighted by Gasteiger charge is -2.32. The van der Waals surface area contributed by atoms with Crippen molar-refractivity contribution in [2.45, 2.75) is 0 Å². The zero-order valence-electron chi connectivity index (χ0n) is 17.6. The van der Waals surface area contributed by atoms with Gasteiger partial charge in [-0.25, -0.2) is 9.97 Å². The second-order valence-corrected chi connectivity index (χ2v) is 7.23. The Bertz CT molecular complexity index is 990. The van der Waals surface area contributed by atoms with Crippen LogP contribution in [0.25, 0.3) is 22.0 Å². The van der Waals surface area contributed by atoms with Crippen LogP contribution in [0.1, 0.15) is 0 Å². The molecular weight excluding hydrogens is 384 g/mol. The molecule has 0 spiro atoms. The van der Waals surface area contributed by atoms with Gasteiger partial charge >= 0.3 is 0 Å². The second-order valence-electron chi connectivity index (χ2n) is 7.23. The van der Waals surface area contributed by atoms with Gasteiger partial charge in [0.15, 0.2) is 24.7 Å². The minimum absolute atomic E-state index is 0.481. The molecule has 9 nitrogen and oxygen atoms in total. The largest absolute Gasteiger partial charge is 0.493 e. The first-order valence-corrected chi connectivity index (χ1v) is 9.97. The van der Waals surface area contributed by atoms with Crippen molar-refractivity contribution >= 4 is 16.9 Å². The molecule has 9 heteroatoms. The number of methoxy groups -OCH3 is 1. The molecule has 1 aliphatic heterocycles. The molecule has 4 rings (SSSR count). The van der Waals surface area contributed by atoms with Crippen LogP contribution in [0.15, 0.2) is 30.7 Å². The third kappa shape index (κ3) is 4.27. The zero-order chi connectivity index (χ0) is 20.9. The first kappa shape index (κ1) is 20.2. The molecule has 1 N–H and O–H groups in total. The van der Waals surface area contributed by atoms with Crippen molar-refractivity contribution in [3.63, 3.8) is 0 Å². The molecule has 0 unspecified atom stereocenters. The van der Waals surface area contributed by atoms with Crippen molar-refractivity contribution in [3.05, 3.63) is 30.7 Å². The van der Waals surface area contributed by atoms with E-state index in [0.29, 0.717) is 24.7 Å². The van der Waals surface area contributed by atoms with Crippen LogP contribution in [0.3, 0.4) is 0 Å². The molecule has 0 saturated carbocycles. The number of likely N-dealkylation sites (N-methyl/N-ethyl adjacent to an activating group) is 1. The lowest BCUT2D eigenvalue weighted by molar-refractivity contribution is -0.00435. The summed E-state index contributed by atoms with van der Waals surface area (Å²) in [7, 11) is 5.51. The third-order valence-corrected chi connectivity index (χ3v) is 5.23. The lowest BCUT2D eigenvalue weighted by atomic mass is 10.1. The number of nitrogens with zero attached hydrogens (tertiary/aromatic N) is 6. The predicted molar refractivity (Wildman–Crippen MR) is 115 cm³/mol. The number of piperazine rings is 1. The molecular formula is C21H27N6O3+. The predicted octanol–water partition coefficient (Wildman–Crippen LogP) is 1.38. The van der Waals surface area contributed by atoms with Gasteiger partial charge in [-0.05, 0) is 13.1 Å². The molecule has 1 fully saturated rings. The molecule has 0 bridgehead atoms. The molecule has 2 aromatic heterocycles. The Hall–Kier alpha value is -3.04. The normalized spacial score (nSPS) is 14.8. The number of fused-ring (bicyclic) bond motifs is 1. The van der Waals surface area contributed by atoms with Crippen molar-refractivity contribution in [1.29, 1.82) is 0 Å². The van der Waals surface area contributed by atoms with Gasteiger partial charge in [-0.3, -0.25) is 0 Å². The number of hydrogen-bond acceptors (Lipinski definition) is 8. The molecule has 0 radical (unpaired) electrons. The molecule has 158 valence electrons. The first-order valence-electron chi connectivity index (χ1n) is 9.97. The summed E-state index contributed by atoms with van der Waals surface area (Å²) in [4.78, 5) is 13.7. The summed E-state index contributed by atoms with van der Waals surface area (Å²) >= 11 is 0. The first-order chi connectivity index (χ1) is 14.7. The van der Waals surface area contributed by atoms with E-state index < -0.39 is 0 Å². The number of benzene rings is 1. The van der Waals surface area contributed by atoms with Crippen molar-refractivity contribution in [1.82, 2.24) is 25.1 Å². The number of anilines is 1. The maximum absolute atomic E-state index is 5.87. The third-order valence-electron chi connectivity index (χ3n) is 5.23. The van der Waals surface area contributed by atoms with Gasteiger partial charge in [-0.15, -0.1) is 0 Å². The van der Waals surface area contributed by atoms with Crippen LogP contribution in [0, 0.1) is 0 Å². The van der Waals surface area contributed by atoms with Crippen LogP contribution in [-0.2, 0) is 0 Å². The summed E-state index contributed by atoms with van der Waals surface area (Å²) in [6, 6.07) is 3.77. The van der Waals surface area contributed by atoms with Gasteiger partial charge in [0, 0.05) is 61.2 Å². The summed E-state index contributed by atoms with van der Waals surface area (Å²) in [5, 5.41) is 9.32. The van der Waals surface area contributed by atoms with E-state index in [1.54, 1.807) is 20.4 Å². The van der Waals surface area contributed by atoms with Gasteiger partial charge < -0.3 is 24.0 Å². The molecule has 1 aliphatic rings. The summed E-state index contributed by atoms with van der Waals surface area (Å²) in [5.74, 6) is 2.02. The Balaban J connectivity index is 1.65. The van der Waals surface area contributed by atoms with E-state index in [1.165, 1.54) is 0 Å². The van der Waals surface area contributed by atoms with E-state index in [1.807, 2.05) is 24.5 Å². The van der Waals surface area contributed by atoms with Gasteiger partial charge in [0.25, 0.3) is 0 Å². The summed E-state index contributed by atoms with van der Waals surface area (Å²) < 4.78 is 15.4. The molecule has 30 heavy (non-hydrogen) atoms. The van der Waals surface area contributed by atoms with Gasteiger partial charge in [-0.1, -0.05) is 0 Å². The van der Waals surface area contributed by atoms with E-state index in [2.05, 4.69) is 41.7 Å². The minimum Gasteiger partial charge on any atom is -0.493 e. The Morgan fingerprint density at radius 2 is 1.80 bits per heavy atom. The van der Waals surface area contributed by atoms with Crippen molar-refractivity contribution in [2.75, 3.05) is 65.6 Å². The maximum atomic E-state index is 5.87. The Labute approximate surface area is 175 Å². The fourth-order valence-electron chi connectivity index (χ4n) is 3.45. The average molecular weight is 411 g/mol. The smallest absolute Gasteiger partial charge is 0.225 e. The highest BCUT2D eigenvalue weighted by Crippen LogP contribution is 2.35. The molecule has 0 aliphatic carbocycles. The van der Waals surface area contributed by atoms with Crippen LogP contribution in [0.4, 0.5) is 5.95 Å². The van der Waals surface area contributed by atoms with Gasteiger partial charge in [0.1, 0.15) is 7.11 Å². The van der Waals surface area contributed by atoms with E-state index in [0.717, 1.165) is 54.2 Å². The molecule has 3 heterocycles. The summed E-state index contributed by atoms with van der Waals surface area (Å²) in [6.07, 6.45) is 5.42. The fourth-order valence-corrected chi connectivity index (χ4v) is 3.45. The van der Waals surface area contributed by atoms with Crippen molar-refractivity contribution in [3.8, 4) is 22.6 Å². The van der Waals surface area contributed by atoms with E-state index in [4.69, 9.17) is 9.47 Å². The minimum atomic E-state index is 0.481. The quantitative estimate of drug-likeness (QED) is 0.426. The van der Waals surface area contributed by atoms with Crippen LogP contribution < -0.4 is 14.4 Å². The van der Waals surface area contributed by atoms with Crippen molar-refractivity contribution < 1.29 is 14.2 Å². The van der Waals surface area contributed by atoms with Gasteiger partial charge in [0.05, 0.1) is 18.8 Å². The number of rotatable bonds is 7. The van der Waals surface area contributed by atoms with Crippen LogP contribution in [0.5, 0.6) is 11.5 Å².